The van der Waals surface area contributed by atoms with Crippen molar-refractivity contribution in [3.63, 3.8) is 0 Å². The minimum atomic E-state index is -2.97. The first-order valence-corrected chi connectivity index (χ1v) is 6.91. The van der Waals surface area contributed by atoms with Crippen LogP contribution in [0.15, 0.2) is 23.9 Å². The Bertz CT molecular complexity index is 681. The Morgan fingerprint density at radius 3 is 2.50 bits per heavy atom. The number of Topliss-reactive ketones (excluding diaryl/α,β-unsaturated/α-hetero) is 2. The third kappa shape index (κ3) is 2.37. The zero-order chi connectivity index (χ0) is 19.7. The van der Waals surface area contributed by atoms with E-state index in [1.807, 2.05) is 0 Å². The Morgan fingerprint density at radius 2 is 1.96 bits per heavy atom. The molecule has 2 aliphatic rings. The lowest BCUT2D eigenvalue weighted by Gasteiger charge is -2.40. The highest BCUT2D eigenvalue weighted by Crippen LogP contribution is 2.43. The highest BCUT2D eigenvalue weighted by Gasteiger charge is 2.72. The molecule has 1 fully saturated rings. The van der Waals surface area contributed by atoms with Crippen molar-refractivity contribution in [3.05, 3.63) is 23.9 Å². The van der Waals surface area contributed by atoms with Gasteiger partial charge < -0.3 is 30.1 Å². The fourth-order valence-corrected chi connectivity index (χ4v) is 2.89. The zero-order valence-electron chi connectivity index (χ0n) is 14.6. The van der Waals surface area contributed by atoms with Crippen LogP contribution in [0.1, 0.15) is 16.5 Å². The van der Waals surface area contributed by atoms with Crippen molar-refractivity contribution in [3.8, 4) is 0 Å². The summed E-state index contributed by atoms with van der Waals surface area (Å²) < 4.78 is 19.8. The smallest absolute Gasteiger partial charge is 0.333 e. The molecule has 0 radical (unpaired) electrons. The number of hydrogen-bond acceptors (Lipinski definition) is 8. The number of nitrogens with zero attached hydrogens (tertiary/aromatic N) is 1. The van der Waals surface area contributed by atoms with Crippen LogP contribution in [0, 0.1) is 0 Å². The number of carboxylic acids is 1. The second kappa shape index (κ2) is 6.10. The van der Waals surface area contributed by atoms with Crippen LogP contribution in [0.25, 0.3) is 0 Å². The van der Waals surface area contributed by atoms with Gasteiger partial charge in [0.05, 0.1) is 18.7 Å². The predicted molar refractivity (Wildman–Crippen MR) is 78.6 cm³/mol. The number of carbonyl (C=O) groups excluding carboxylic acids is 2. The number of rotatable bonds is 5. The molecule has 4 atom stereocenters. The van der Waals surface area contributed by atoms with Gasteiger partial charge in [-0.25, -0.2) is 4.79 Å². The molecule has 1 unspecified atom stereocenters. The zero-order valence-corrected chi connectivity index (χ0v) is 12.6. The minimum Gasteiger partial charge on any atom is -0.478 e. The summed E-state index contributed by atoms with van der Waals surface area (Å²) >= 11 is 0. The molecule has 0 bridgehead atoms. The monoisotopic (exact) mass is 343 g/mol. The molecule has 9 nitrogen and oxygen atoms in total. The van der Waals surface area contributed by atoms with Crippen LogP contribution in [0.4, 0.5) is 0 Å². The van der Waals surface area contributed by atoms with E-state index < -0.39 is 61.5 Å². The lowest BCUT2D eigenvalue weighted by Crippen LogP contribution is -2.69. The minimum absolute atomic E-state index is 0.112. The van der Waals surface area contributed by atoms with Crippen molar-refractivity contribution in [2.75, 3.05) is 13.2 Å². The van der Waals surface area contributed by atoms with E-state index in [0.29, 0.717) is 0 Å². The van der Waals surface area contributed by atoms with E-state index in [4.69, 9.17) is 12.6 Å². The number of hydrogen-bond donors (Lipinski definition) is 4. The van der Waals surface area contributed by atoms with Crippen molar-refractivity contribution in [1.82, 2.24) is 4.90 Å². The average molecular weight is 343 g/mol. The summed E-state index contributed by atoms with van der Waals surface area (Å²) in [6, 6.07) is 0. The molecule has 0 aromatic heterocycles. The largest absolute Gasteiger partial charge is 0.478 e. The van der Waals surface area contributed by atoms with Crippen molar-refractivity contribution < 1.29 is 42.3 Å². The molecule has 0 saturated carbocycles. The summed E-state index contributed by atoms with van der Waals surface area (Å²) in [6.07, 6.45) is 0.393. The molecule has 4 N–H and O–H groups in total. The quantitative estimate of drug-likeness (QED) is 0.453. The number of carboxylic acid groups (broad SMARTS) is 1. The van der Waals surface area contributed by atoms with Gasteiger partial charge in [0.15, 0.2) is 23.4 Å². The number of aliphatic carboxylic acids is 1. The van der Waals surface area contributed by atoms with E-state index in [0.717, 1.165) is 4.90 Å². The van der Waals surface area contributed by atoms with Crippen LogP contribution in [-0.4, -0.2) is 79.5 Å². The van der Waals surface area contributed by atoms with Gasteiger partial charge in [-0.15, -0.1) is 0 Å². The SMILES string of the molecule is [2H]CC(=O)[C@@]1(O)[C@@H](CO)OC(N2C=CC=C(C(=O)O)C2)[C@@]1(O)C(=O)C[2H]. The number of ether oxygens (including phenoxy) is 1. The van der Waals surface area contributed by atoms with Crippen LogP contribution in [-0.2, 0) is 19.1 Å². The van der Waals surface area contributed by atoms with Gasteiger partial charge in [0.25, 0.3) is 0 Å². The molecule has 0 aromatic carbocycles. The predicted octanol–water partition coefficient (Wildman–Crippen LogP) is -1.82. The molecule has 0 aliphatic carbocycles. The maximum atomic E-state index is 12.3. The fraction of sp³-hybridized carbons (Fsp3) is 0.533. The van der Waals surface area contributed by atoms with E-state index in [2.05, 4.69) is 0 Å². The Balaban J connectivity index is 2.54. The van der Waals surface area contributed by atoms with Crippen LogP contribution < -0.4 is 0 Å². The van der Waals surface area contributed by atoms with Gasteiger partial charge in [-0.2, -0.15) is 0 Å². The Kier molecular flexibility index (Phi) is 3.93. The molecule has 9 heteroatoms. The van der Waals surface area contributed by atoms with Gasteiger partial charge in [0, 0.05) is 8.94 Å². The topological polar surface area (TPSA) is 145 Å². The van der Waals surface area contributed by atoms with Gasteiger partial charge >= 0.3 is 5.97 Å². The van der Waals surface area contributed by atoms with Crippen LogP contribution >= 0.6 is 0 Å². The number of allylic oxidation sites excluding steroid dienone is 2. The summed E-state index contributed by atoms with van der Waals surface area (Å²) in [6.45, 7) is -3.30. The summed E-state index contributed by atoms with van der Waals surface area (Å²) in [7, 11) is 0. The van der Waals surface area contributed by atoms with Crippen molar-refractivity contribution in [1.29, 1.82) is 0 Å². The second-order valence-corrected chi connectivity index (χ2v) is 5.55. The third-order valence-electron chi connectivity index (χ3n) is 4.22. The summed E-state index contributed by atoms with van der Waals surface area (Å²) in [4.78, 5) is 36.8. The van der Waals surface area contributed by atoms with E-state index in [9.17, 15) is 29.7 Å². The summed E-state index contributed by atoms with van der Waals surface area (Å²) in [5.74, 6) is -3.79. The maximum Gasteiger partial charge on any atom is 0.333 e. The Labute approximate surface area is 140 Å². The first-order valence-electron chi connectivity index (χ1n) is 8.32. The molecule has 1 saturated heterocycles. The molecule has 2 rings (SSSR count). The van der Waals surface area contributed by atoms with E-state index >= 15 is 0 Å². The Hall–Kier alpha value is -2.07. The van der Waals surface area contributed by atoms with E-state index in [1.54, 1.807) is 0 Å². The van der Waals surface area contributed by atoms with E-state index in [1.165, 1.54) is 18.4 Å². The molecule has 2 heterocycles. The van der Waals surface area contributed by atoms with Crippen LogP contribution in [0.2, 0.25) is 0 Å². The summed E-state index contributed by atoms with van der Waals surface area (Å²) in [5, 5.41) is 40.4. The molecule has 132 valence electrons. The molecule has 0 aromatic rings. The van der Waals surface area contributed by atoms with Crippen LogP contribution in [0.5, 0.6) is 0 Å². The van der Waals surface area contributed by atoms with Crippen LogP contribution in [0.3, 0.4) is 0 Å². The first kappa shape index (κ1) is 15.5. The van der Waals surface area contributed by atoms with Crippen molar-refractivity contribution >= 4 is 17.5 Å². The number of aliphatic hydroxyl groups is 3. The molecule has 24 heavy (non-hydrogen) atoms. The highest BCUT2D eigenvalue weighted by atomic mass is 16.6. The van der Waals surface area contributed by atoms with Gasteiger partial charge in [-0.3, -0.25) is 9.59 Å². The Morgan fingerprint density at radius 1 is 1.33 bits per heavy atom. The summed E-state index contributed by atoms with van der Waals surface area (Å²) in [5.41, 5.74) is -6.03. The lowest BCUT2D eigenvalue weighted by molar-refractivity contribution is -0.183. The molecular weight excluding hydrogens is 322 g/mol. The normalized spacial score (nSPS) is 36.8. The van der Waals surface area contributed by atoms with Gasteiger partial charge in [-0.1, -0.05) is 0 Å². The highest BCUT2D eigenvalue weighted by molar-refractivity contribution is 5.99. The van der Waals surface area contributed by atoms with Gasteiger partial charge in [0.2, 0.25) is 5.60 Å². The molecule has 0 spiro atoms. The van der Waals surface area contributed by atoms with Gasteiger partial charge in [-0.05, 0) is 26.0 Å². The first-order chi connectivity index (χ1) is 12.2. The number of carbonyl (C=O) groups is 3. The number of aliphatic hydroxyl groups excluding tert-OH is 1. The average Bonchev–Trinajstić information content (AvgIpc) is 2.89. The second-order valence-electron chi connectivity index (χ2n) is 5.55. The van der Waals surface area contributed by atoms with Crippen molar-refractivity contribution in [2.45, 2.75) is 37.3 Å². The van der Waals surface area contributed by atoms with Gasteiger partial charge in [0.1, 0.15) is 6.10 Å². The molecule has 0 amide bonds. The molecule has 2 aliphatic heterocycles. The maximum absolute atomic E-state index is 12.3. The standard InChI is InChI=1S/C15H19NO8/c1-8(18)14(22)11(7-17)24-13(15(14,23)9(2)19)16-5-3-4-10(6-16)12(20)21/h3-5,11,13,17,22-23H,6-7H2,1-2H3,(H,20,21)/t11-,13?,14-,15+/m1/s1/i1D,2D. The fourth-order valence-electron chi connectivity index (χ4n) is 2.89. The lowest BCUT2D eigenvalue weighted by atomic mass is 9.74. The third-order valence-corrected chi connectivity index (χ3v) is 4.22. The molecular formula is C15H19NO8. The number of ketones is 2. The van der Waals surface area contributed by atoms with Crippen molar-refractivity contribution in [2.24, 2.45) is 0 Å². The van der Waals surface area contributed by atoms with E-state index in [-0.39, 0.29) is 12.1 Å².